The van der Waals surface area contributed by atoms with E-state index in [1.54, 1.807) is 0 Å². The van der Waals surface area contributed by atoms with E-state index in [9.17, 15) is 17.6 Å². The molecule has 0 fully saturated rings. The Morgan fingerprint density at radius 3 is 2.50 bits per heavy atom. The van der Waals surface area contributed by atoms with Gasteiger partial charge in [0.2, 0.25) is 0 Å². The minimum Gasteiger partial charge on any atom is -0.392 e. The normalized spacial score (nSPS) is 11.6. The fraction of sp³-hybridized carbons (Fsp3) is 0.375. The Morgan fingerprint density at radius 1 is 1.44 bits per heavy atom. The van der Waals surface area contributed by atoms with Gasteiger partial charge in [0.1, 0.15) is 0 Å². The summed E-state index contributed by atoms with van der Waals surface area (Å²) in [7, 11) is 0. The molecule has 8 heteroatoms. The second kappa shape index (κ2) is 4.84. The van der Waals surface area contributed by atoms with Gasteiger partial charge in [0.15, 0.2) is 5.82 Å². The number of hydrogen-bond donors (Lipinski definition) is 1. The van der Waals surface area contributed by atoms with Gasteiger partial charge in [0.05, 0.1) is 12.5 Å². The van der Waals surface area contributed by atoms with Gasteiger partial charge in [-0.3, -0.25) is 0 Å². The van der Waals surface area contributed by atoms with E-state index in [-0.39, 0.29) is 11.1 Å². The highest BCUT2D eigenvalue weighted by molar-refractivity contribution is 6.17. The fourth-order valence-electron chi connectivity index (χ4n) is 1.00. The average Bonchev–Trinajstić information content (AvgIpc) is 2.19. The molecule has 0 aromatic carbocycles. The van der Waals surface area contributed by atoms with Crippen molar-refractivity contribution in [2.45, 2.75) is 18.8 Å². The number of rotatable bonds is 3. The van der Waals surface area contributed by atoms with E-state index in [1.165, 1.54) is 0 Å². The van der Waals surface area contributed by atoms with Crippen molar-refractivity contribution in [1.82, 2.24) is 4.98 Å². The summed E-state index contributed by atoms with van der Waals surface area (Å²) in [4.78, 5) is 3.11. The maximum atomic E-state index is 13.4. The highest BCUT2D eigenvalue weighted by Crippen LogP contribution is 2.27. The summed E-state index contributed by atoms with van der Waals surface area (Å²) in [5, 5.41) is 8.77. The lowest BCUT2D eigenvalue weighted by Crippen LogP contribution is -2.19. The van der Waals surface area contributed by atoms with E-state index in [0.717, 1.165) is 6.20 Å². The summed E-state index contributed by atoms with van der Waals surface area (Å²) in [5.74, 6) is -2.92. The van der Waals surface area contributed by atoms with Crippen LogP contribution in [0.15, 0.2) is 6.20 Å². The standard InChI is InChI=1S/C8H6ClF4NO2/c9-1-5-4(3-15)2-14-7(6(5)10)16-8(11,12)13/h2,15H,1,3H2. The molecule has 0 saturated heterocycles. The number of hydrogen-bond acceptors (Lipinski definition) is 3. The van der Waals surface area contributed by atoms with Gasteiger partial charge >= 0.3 is 6.36 Å². The van der Waals surface area contributed by atoms with E-state index in [4.69, 9.17) is 16.7 Å². The monoisotopic (exact) mass is 259 g/mol. The Balaban J connectivity index is 3.14. The molecular formula is C8H6ClF4NO2. The number of ether oxygens (including phenoxy) is 1. The van der Waals surface area contributed by atoms with Crippen molar-refractivity contribution in [3.63, 3.8) is 0 Å². The smallest absolute Gasteiger partial charge is 0.392 e. The lowest BCUT2D eigenvalue weighted by Gasteiger charge is -2.11. The lowest BCUT2D eigenvalue weighted by atomic mass is 10.1. The minimum absolute atomic E-state index is 0.0158. The first kappa shape index (κ1) is 13.0. The molecule has 1 heterocycles. The molecule has 0 saturated carbocycles. The third-order valence-electron chi connectivity index (χ3n) is 1.69. The highest BCUT2D eigenvalue weighted by atomic mass is 35.5. The summed E-state index contributed by atoms with van der Waals surface area (Å²) in [6.07, 6.45) is -4.15. The fourth-order valence-corrected chi connectivity index (χ4v) is 1.29. The molecule has 90 valence electrons. The molecule has 0 aliphatic carbocycles. The molecular weight excluding hydrogens is 254 g/mol. The van der Waals surface area contributed by atoms with Crippen LogP contribution in [-0.4, -0.2) is 16.5 Å². The van der Waals surface area contributed by atoms with Gasteiger partial charge in [-0.25, -0.2) is 9.37 Å². The van der Waals surface area contributed by atoms with Gasteiger partial charge in [-0.15, -0.1) is 24.8 Å². The topological polar surface area (TPSA) is 42.4 Å². The second-order valence-electron chi connectivity index (χ2n) is 2.72. The average molecular weight is 260 g/mol. The van der Waals surface area contributed by atoms with Crippen LogP contribution in [0.2, 0.25) is 0 Å². The zero-order valence-corrected chi connectivity index (χ0v) is 8.44. The Labute approximate surface area is 92.6 Å². The van der Waals surface area contributed by atoms with Crippen LogP contribution >= 0.6 is 11.6 Å². The summed E-state index contributed by atoms with van der Waals surface area (Å²) < 4.78 is 52.2. The van der Waals surface area contributed by atoms with Crippen molar-refractivity contribution < 1.29 is 27.4 Å². The Morgan fingerprint density at radius 2 is 2.06 bits per heavy atom. The third-order valence-corrected chi connectivity index (χ3v) is 1.96. The van der Waals surface area contributed by atoms with Crippen molar-refractivity contribution >= 4 is 11.6 Å². The molecule has 0 amide bonds. The summed E-state index contributed by atoms with van der Waals surface area (Å²) >= 11 is 5.34. The first-order valence-electron chi connectivity index (χ1n) is 3.98. The molecule has 1 rings (SSSR count). The molecule has 0 aliphatic rings. The quantitative estimate of drug-likeness (QED) is 0.669. The van der Waals surface area contributed by atoms with Crippen molar-refractivity contribution in [2.24, 2.45) is 0 Å². The van der Waals surface area contributed by atoms with Gasteiger partial charge in [0, 0.05) is 17.3 Å². The van der Waals surface area contributed by atoms with Crippen LogP contribution in [0, 0.1) is 5.82 Å². The molecule has 0 aliphatic heterocycles. The second-order valence-corrected chi connectivity index (χ2v) is 2.99. The van der Waals surface area contributed by atoms with E-state index in [2.05, 4.69) is 9.72 Å². The zero-order valence-electron chi connectivity index (χ0n) is 7.68. The van der Waals surface area contributed by atoms with Crippen LogP contribution in [0.25, 0.3) is 0 Å². The van der Waals surface area contributed by atoms with Crippen LogP contribution < -0.4 is 4.74 Å². The Kier molecular flexibility index (Phi) is 3.93. The maximum Gasteiger partial charge on any atom is 0.574 e. The van der Waals surface area contributed by atoms with E-state index in [0.29, 0.717) is 0 Å². The molecule has 0 spiro atoms. The third kappa shape index (κ3) is 2.96. The Hall–Kier alpha value is -1.08. The number of aliphatic hydroxyl groups is 1. The van der Waals surface area contributed by atoms with Gasteiger partial charge in [-0.2, -0.15) is 0 Å². The number of pyridine rings is 1. The summed E-state index contributed by atoms with van der Waals surface area (Å²) in [6.45, 7) is -0.571. The molecule has 0 radical (unpaired) electrons. The first-order valence-corrected chi connectivity index (χ1v) is 4.51. The van der Waals surface area contributed by atoms with Crippen molar-refractivity contribution in [2.75, 3.05) is 0 Å². The van der Waals surface area contributed by atoms with Crippen LogP contribution in [-0.2, 0) is 12.5 Å². The first-order chi connectivity index (χ1) is 7.39. The number of aliphatic hydroxyl groups excluding tert-OH is 1. The number of halogens is 5. The largest absolute Gasteiger partial charge is 0.574 e. The van der Waals surface area contributed by atoms with E-state index >= 15 is 0 Å². The van der Waals surface area contributed by atoms with Crippen molar-refractivity contribution in [1.29, 1.82) is 0 Å². The van der Waals surface area contributed by atoms with E-state index in [1.807, 2.05) is 0 Å². The van der Waals surface area contributed by atoms with Crippen LogP contribution in [0.1, 0.15) is 11.1 Å². The SMILES string of the molecule is OCc1cnc(OC(F)(F)F)c(F)c1CCl. The van der Waals surface area contributed by atoms with Gasteiger partial charge in [0.25, 0.3) is 5.88 Å². The Bertz CT molecular complexity index is 383. The predicted octanol–water partition coefficient (Wildman–Crippen LogP) is 2.35. The van der Waals surface area contributed by atoms with Gasteiger partial charge in [-0.1, -0.05) is 0 Å². The summed E-state index contributed by atoms with van der Waals surface area (Å²) in [6, 6.07) is 0. The van der Waals surface area contributed by atoms with Crippen LogP contribution in [0.3, 0.4) is 0 Å². The van der Waals surface area contributed by atoms with Crippen LogP contribution in [0.4, 0.5) is 17.6 Å². The molecule has 3 nitrogen and oxygen atoms in total. The molecule has 16 heavy (non-hydrogen) atoms. The number of alkyl halides is 4. The minimum atomic E-state index is -5.03. The molecule has 0 atom stereocenters. The molecule has 1 N–H and O–H groups in total. The zero-order chi connectivity index (χ0) is 12.3. The molecule has 0 bridgehead atoms. The highest BCUT2D eigenvalue weighted by Gasteiger charge is 2.34. The van der Waals surface area contributed by atoms with Gasteiger partial charge < -0.3 is 9.84 Å². The number of aromatic nitrogens is 1. The lowest BCUT2D eigenvalue weighted by molar-refractivity contribution is -0.277. The van der Waals surface area contributed by atoms with Crippen molar-refractivity contribution in [3.8, 4) is 5.88 Å². The molecule has 1 aromatic rings. The summed E-state index contributed by atoms with van der Waals surface area (Å²) in [5.41, 5.74) is -0.250. The molecule has 1 aromatic heterocycles. The van der Waals surface area contributed by atoms with E-state index < -0.39 is 30.5 Å². The maximum absolute atomic E-state index is 13.4. The predicted molar refractivity (Wildman–Crippen MR) is 46.4 cm³/mol. The number of nitrogens with zero attached hydrogens (tertiary/aromatic N) is 1. The van der Waals surface area contributed by atoms with Crippen molar-refractivity contribution in [3.05, 3.63) is 23.1 Å². The molecule has 0 unspecified atom stereocenters. The van der Waals surface area contributed by atoms with Crippen LogP contribution in [0.5, 0.6) is 5.88 Å². The van der Waals surface area contributed by atoms with Gasteiger partial charge in [-0.05, 0) is 0 Å².